The number of nitrogens with one attached hydrogen (secondary N) is 2. The van der Waals surface area contributed by atoms with Crippen LogP contribution < -0.4 is 10.6 Å². The van der Waals surface area contributed by atoms with Crippen LogP contribution in [0.25, 0.3) is 0 Å². The van der Waals surface area contributed by atoms with Crippen LogP contribution in [-0.2, 0) is 14.4 Å². The Kier molecular flexibility index (Phi) is 4.92. The van der Waals surface area contributed by atoms with Gasteiger partial charge in [-0.25, -0.2) is 0 Å². The SMILES string of the molecule is O=C1NC(CCCCNC(=O)C(F)(F)F)C(=O)N2CCCC12. The average Bonchev–Trinajstić information content (AvgIpc) is 2.92. The predicted octanol–water partition coefficient (Wildman–Crippen LogP) is 0.325. The van der Waals surface area contributed by atoms with Gasteiger partial charge in [-0.1, -0.05) is 0 Å². The molecular formula is C13H18F3N3O3. The van der Waals surface area contributed by atoms with E-state index in [1.54, 1.807) is 10.2 Å². The highest BCUT2D eigenvalue weighted by atomic mass is 19.4. The number of fused-ring (bicyclic) bond motifs is 1. The molecule has 3 amide bonds. The molecule has 0 aromatic carbocycles. The van der Waals surface area contributed by atoms with Crippen molar-refractivity contribution in [3.05, 3.63) is 0 Å². The zero-order chi connectivity index (χ0) is 16.3. The molecule has 2 unspecified atom stereocenters. The van der Waals surface area contributed by atoms with Crippen molar-refractivity contribution in [1.82, 2.24) is 15.5 Å². The number of halogens is 3. The number of unbranched alkanes of at least 4 members (excludes halogenated alkanes) is 1. The van der Waals surface area contributed by atoms with Gasteiger partial charge in [0.05, 0.1) is 0 Å². The smallest absolute Gasteiger partial charge is 0.348 e. The van der Waals surface area contributed by atoms with Gasteiger partial charge < -0.3 is 15.5 Å². The fourth-order valence-electron chi connectivity index (χ4n) is 2.80. The van der Waals surface area contributed by atoms with E-state index in [9.17, 15) is 27.6 Å². The molecule has 2 N–H and O–H groups in total. The minimum Gasteiger partial charge on any atom is -0.348 e. The Morgan fingerprint density at radius 3 is 2.73 bits per heavy atom. The lowest BCUT2D eigenvalue weighted by atomic mass is 10.0. The van der Waals surface area contributed by atoms with Gasteiger partial charge in [0.1, 0.15) is 12.1 Å². The highest BCUT2D eigenvalue weighted by Crippen LogP contribution is 2.23. The summed E-state index contributed by atoms with van der Waals surface area (Å²) in [4.78, 5) is 36.2. The summed E-state index contributed by atoms with van der Waals surface area (Å²) in [5.74, 6) is -2.25. The van der Waals surface area contributed by atoms with E-state index in [0.29, 0.717) is 32.2 Å². The molecule has 2 fully saturated rings. The molecule has 0 spiro atoms. The van der Waals surface area contributed by atoms with Crippen LogP contribution in [-0.4, -0.2) is 54.0 Å². The third-order valence-corrected chi connectivity index (χ3v) is 3.92. The first-order chi connectivity index (χ1) is 10.3. The van der Waals surface area contributed by atoms with E-state index in [4.69, 9.17) is 0 Å². The Hall–Kier alpha value is -1.80. The summed E-state index contributed by atoms with van der Waals surface area (Å²) >= 11 is 0. The van der Waals surface area contributed by atoms with Crippen molar-refractivity contribution < 1.29 is 27.6 Å². The van der Waals surface area contributed by atoms with Gasteiger partial charge in [0.25, 0.3) is 0 Å². The van der Waals surface area contributed by atoms with Crippen LogP contribution in [0, 0.1) is 0 Å². The molecule has 6 nitrogen and oxygen atoms in total. The van der Waals surface area contributed by atoms with E-state index in [0.717, 1.165) is 6.42 Å². The largest absolute Gasteiger partial charge is 0.471 e. The van der Waals surface area contributed by atoms with Crippen molar-refractivity contribution in [3.63, 3.8) is 0 Å². The van der Waals surface area contributed by atoms with Crippen LogP contribution >= 0.6 is 0 Å². The first-order valence-corrected chi connectivity index (χ1v) is 7.26. The van der Waals surface area contributed by atoms with Crippen molar-refractivity contribution in [2.75, 3.05) is 13.1 Å². The minimum absolute atomic E-state index is 0.112. The van der Waals surface area contributed by atoms with Gasteiger partial charge in [0, 0.05) is 13.1 Å². The summed E-state index contributed by atoms with van der Waals surface area (Å²) in [5.41, 5.74) is 0. The van der Waals surface area contributed by atoms with Gasteiger partial charge in [-0.2, -0.15) is 13.2 Å². The van der Waals surface area contributed by atoms with E-state index in [1.165, 1.54) is 0 Å². The van der Waals surface area contributed by atoms with Crippen molar-refractivity contribution in [2.24, 2.45) is 0 Å². The molecule has 2 atom stereocenters. The Morgan fingerprint density at radius 2 is 2.05 bits per heavy atom. The summed E-state index contributed by atoms with van der Waals surface area (Å²) in [6.07, 6.45) is -2.29. The van der Waals surface area contributed by atoms with Crippen molar-refractivity contribution >= 4 is 17.7 Å². The molecule has 0 aromatic rings. The van der Waals surface area contributed by atoms with E-state index in [1.807, 2.05) is 0 Å². The van der Waals surface area contributed by atoms with Crippen LogP contribution in [0.4, 0.5) is 13.2 Å². The second-order valence-corrected chi connectivity index (χ2v) is 5.50. The fraction of sp³-hybridized carbons (Fsp3) is 0.769. The van der Waals surface area contributed by atoms with Gasteiger partial charge in [0.15, 0.2) is 0 Å². The maximum atomic E-state index is 12.1. The normalized spacial score (nSPS) is 25.0. The Bertz CT molecular complexity index is 467. The van der Waals surface area contributed by atoms with Gasteiger partial charge in [-0.05, 0) is 32.1 Å². The maximum absolute atomic E-state index is 12.1. The lowest BCUT2D eigenvalue weighted by Gasteiger charge is -2.34. The van der Waals surface area contributed by atoms with Crippen LogP contribution in [0.15, 0.2) is 0 Å². The molecule has 0 bridgehead atoms. The third-order valence-electron chi connectivity index (χ3n) is 3.92. The summed E-state index contributed by atoms with van der Waals surface area (Å²) in [6, 6.07) is -0.977. The van der Waals surface area contributed by atoms with E-state index in [2.05, 4.69) is 5.32 Å². The second kappa shape index (κ2) is 6.53. The van der Waals surface area contributed by atoms with Gasteiger partial charge in [0.2, 0.25) is 11.8 Å². The molecule has 0 aromatic heterocycles. The predicted molar refractivity (Wildman–Crippen MR) is 69.6 cm³/mol. The quantitative estimate of drug-likeness (QED) is 0.716. The number of rotatable bonds is 5. The lowest BCUT2D eigenvalue weighted by molar-refractivity contribution is -0.173. The number of carbonyl (C=O) groups is 3. The van der Waals surface area contributed by atoms with Gasteiger partial charge in [-0.15, -0.1) is 0 Å². The minimum atomic E-state index is -4.88. The molecule has 2 rings (SSSR count). The van der Waals surface area contributed by atoms with Crippen molar-refractivity contribution in [3.8, 4) is 0 Å². The molecule has 2 aliphatic rings. The molecule has 9 heteroatoms. The van der Waals surface area contributed by atoms with Crippen LogP contribution in [0.3, 0.4) is 0 Å². The summed E-state index contributed by atoms with van der Waals surface area (Å²) in [6.45, 7) is 0.467. The molecule has 0 radical (unpaired) electrons. The monoisotopic (exact) mass is 321 g/mol. The van der Waals surface area contributed by atoms with Crippen molar-refractivity contribution in [2.45, 2.75) is 50.4 Å². The number of alkyl halides is 3. The van der Waals surface area contributed by atoms with Gasteiger partial charge >= 0.3 is 12.1 Å². The molecule has 2 heterocycles. The second-order valence-electron chi connectivity index (χ2n) is 5.50. The molecule has 124 valence electrons. The van der Waals surface area contributed by atoms with Crippen LogP contribution in [0.2, 0.25) is 0 Å². The molecule has 2 saturated heterocycles. The summed E-state index contributed by atoms with van der Waals surface area (Å²) < 4.78 is 35.9. The molecule has 2 aliphatic heterocycles. The maximum Gasteiger partial charge on any atom is 0.471 e. The number of nitrogens with zero attached hydrogens (tertiary/aromatic N) is 1. The molecule has 0 aliphatic carbocycles. The number of carbonyl (C=O) groups excluding carboxylic acids is 3. The first-order valence-electron chi connectivity index (χ1n) is 7.26. The van der Waals surface area contributed by atoms with Crippen LogP contribution in [0.5, 0.6) is 0 Å². The average molecular weight is 321 g/mol. The fourth-order valence-corrected chi connectivity index (χ4v) is 2.80. The molecular weight excluding hydrogens is 303 g/mol. The standard InChI is InChI=1S/C13H18F3N3O3/c14-13(15,16)12(22)17-6-2-1-4-8-11(21)19-7-3-5-9(19)10(20)18-8/h8-9H,1-7H2,(H,17,22)(H,18,20). The van der Waals surface area contributed by atoms with E-state index < -0.39 is 18.1 Å². The number of hydrogen-bond acceptors (Lipinski definition) is 3. The molecule has 22 heavy (non-hydrogen) atoms. The zero-order valence-electron chi connectivity index (χ0n) is 11.9. The number of hydrogen-bond donors (Lipinski definition) is 2. The summed E-state index contributed by atoms with van der Waals surface area (Å²) in [5, 5.41) is 4.43. The van der Waals surface area contributed by atoms with E-state index >= 15 is 0 Å². The summed E-state index contributed by atoms with van der Waals surface area (Å²) in [7, 11) is 0. The first kappa shape index (κ1) is 16.6. The third kappa shape index (κ3) is 3.69. The van der Waals surface area contributed by atoms with Crippen molar-refractivity contribution in [1.29, 1.82) is 0 Å². The number of amides is 3. The Morgan fingerprint density at radius 1 is 1.32 bits per heavy atom. The highest BCUT2D eigenvalue weighted by Gasteiger charge is 2.42. The molecule has 0 saturated carbocycles. The number of piperazine rings is 1. The topological polar surface area (TPSA) is 78.5 Å². The zero-order valence-corrected chi connectivity index (χ0v) is 11.9. The highest BCUT2D eigenvalue weighted by molar-refractivity contribution is 5.97. The Labute approximate surface area is 125 Å². The lowest BCUT2D eigenvalue weighted by Crippen LogP contribution is -2.61. The Balaban J connectivity index is 1.70. The van der Waals surface area contributed by atoms with E-state index in [-0.39, 0.29) is 24.4 Å². The van der Waals surface area contributed by atoms with Gasteiger partial charge in [-0.3, -0.25) is 14.4 Å². The van der Waals surface area contributed by atoms with Crippen LogP contribution in [0.1, 0.15) is 32.1 Å².